The standard InChI is InChI=1S/C11H18N2O2/c1-5-13(6-2)11(14)9-7-15-10(12-9)8(3)4/h7-8H,5-6H2,1-4H3. The van der Waals surface area contributed by atoms with Gasteiger partial charge >= 0.3 is 0 Å². The molecule has 1 aromatic heterocycles. The molecule has 0 spiro atoms. The molecule has 15 heavy (non-hydrogen) atoms. The molecule has 4 nitrogen and oxygen atoms in total. The summed E-state index contributed by atoms with van der Waals surface area (Å²) in [6, 6.07) is 0. The van der Waals surface area contributed by atoms with Crippen LogP contribution in [0.3, 0.4) is 0 Å². The van der Waals surface area contributed by atoms with E-state index < -0.39 is 0 Å². The van der Waals surface area contributed by atoms with Gasteiger partial charge in [0.25, 0.3) is 5.91 Å². The minimum Gasteiger partial charge on any atom is -0.448 e. The molecule has 84 valence electrons. The number of hydrogen-bond acceptors (Lipinski definition) is 3. The van der Waals surface area contributed by atoms with Crippen LogP contribution in [0, 0.1) is 0 Å². The van der Waals surface area contributed by atoms with Crippen molar-refractivity contribution in [3.8, 4) is 0 Å². The average Bonchev–Trinajstić information content (AvgIpc) is 2.68. The second-order valence-corrected chi connectivity index (χ2v) is 3.70. The fourth-order valence-corrected chi connectivity index (χ4v) is 1.32. The van der Waals surface area contributed by atoms with Gasteiger partial charge in [-0.25, -0.2) is 4.98 Å². The van der Waals surface area contributed by atoms with Crippen molar-refractivity contribution in [2.45, 2.75) is 33.6 Å². The van der Waals surface area contributed by atoms with Crippen LogP contribution in [0.25, 0.3) is 0 Å². The van der Waals surface area contributed by atoms with Crippen molar-refractivity contribution in [2.24, 2.45) is 0 Å². The monoisotopic (exact) mass is 210 g/mol. The minimum absolute atomic E-state index is 0.0596. The largest absolute Gasteiger partial charge is 0.448 e. The maximum Gasteiger partial charge on any atom is 0.275 e. The van der Waals surface area contributed by atoms with E-state index in [2.05, 4.69) is 4.98 Å². The highest BCUT2D eigenvalue weighted by atomic mass is 16.3. The Morgan fingerprint density at radius 2 is 2.07 bits per heavy atom. The first-order valence-corrected chi connectivity index (χ1v) is 5.34. The number of aromatic nitrogens is 1. The van der Waals surface area contributed by atoms with Crippen molar-refractivity contribution in [1.82, 2.24) is 9.88 Å². The number of nitrogens with zero attached hydrogens (tertiary/aromatic N) is 2. The normalized spacial score (nSPS) is 10.7. The molecule has 1 rings (SSSR count). The third-order valence-corrected chi connectivity index (χ3v) is 2.29. The lowest BCUT2D eigenvalue weighted by molar-refractivity contribution is 0.0767. The molecule has 0 bridgehead atoms. The Morgan fingerprint density at radius 3 is 2.47 bits per heavy atom. The van der Waals surface area contributed by atoms with Crippen LogP contribution in [0.1, 0.15) is 50.0 Å². The van der Waals surface area contributed by atoms with Gasteiger partial charge in [0, 0.05) is 19.0 Å². The van der Waals surface area contributed by atoms with E-state index in [1.165, 1.54) is 6.26 Å². The van der Waals surface area contributed by atoms with Gasteiger partial charge in [-0.2, -0.15) is 0 Å². The van der Waals surface area contributed by atoms with Crippen LogP contribution in [0.5, 0.6) is 0 Å². The SMILES string of the molecule is CCN(CC)C(=O)c1coc(C(C)C)n1. The van der Waals surface area contributed by atoms with E-state index in [1.54, 1.807) is 4.90 Å². The van der Waals surface area contributed by atoms with Gasteiger partial charge in [0.15, 0.2) is 11.6 Å². The molecule has 0 N–H and O–H groups in total. The summed E-state index contributed by atoms with van der Waals surface area (Å²) in [5.74, 6) is 0.768. The first-order chi connectivity index (χ1) is 7.10. The van der Waals surface area contributed by atoms with Crippen molar-refractivity contribution in [3.63, 3.8) is 0 Å². The van der Waals surface area contributed by atoms with Crippen molar-refractivity contribution in [1.29, 1.82) is 0 Å². The zero-order chi connectivity index (χ0) is 11.4. The molecule has 0 saturated carbocycles. The van der Waals surface area contributed by atoms with E-state index in [0.29, 0.717) is 24.7 Å². The highest BCUT2D eigenvalue weighted by Crippen LogP contribution is 2.14. The number of amides is 1. The average molecular weight is 210 g/mol. The molecular formula is C11H18N2O2. The molecule has 0 aliphatic heterocycles. The summed E-state index contributed by atoms with van der Waals surface area (Å²) >= 11 is 0. The third kappa shape index (κ3) is 2.58. The Kier molecular flexibility index (Phi) is 3.88. The maximum absolute atomic E-state index is 11.8. The van der Waals surface area contributed by atoms with Gasteiger partial charge in [-0.05, 0) is 13.8 Å². The zero-order valence-corrected chi connectivity index (χ0v) is 9.78. The van der Waals surface area contributed by atoms with Crippen LogP contribution in [0.15, 0.2) is 10.7 Å². The fourth-order valence-electron chi connectivity index (χ4n) is 1.32. The predicted octanol–water partition coefficient (Wildman–Crippen LogP) is 2.28. The molecular weight excluding hydrogens is 192 g/mol. The van der Waals surface area contributed by atoms with E-state index in [-0.39, 0.29) is 11.8 Å². The number of oxazole rings is 1. The summed E-state index contributed by atoms with van der Waals surface area (Å²) in [6.45, 7) is 9.25. The Balaban J connectivity index is 2.82. The predicted molar refractivity (Wildman–Crippen MR) is 57.8 cm³/mol. The highest BCUT2D eigenvalue weighted by molar-refractivity contribution is 5.91. The van der Waals surface area contributed by atoms with Gasteiger partial charge in [0.1, 0.15) is 6.26 Å². The molecule has 1 aromatic rings. The third-order valence-electron chi connectivity index (χ3n) is 2.29. The topological polar surface area (TPSA) is 46.3 Å². The molecule has 0 radical (unpaired) electrons. The van der Waals surface area contributed by atoms with Gasteiger partial charge in [-0.1, -0.05) is 13.8 Å². The van der Waals surface area contributed by atoms with Crippen LogP contribution in [0.2, 0.25) is 0 Å². The number of carbonyl (C=O) groups is 1. The molecule has 1 heterocycles. The number of carbonyl (C=O) groups excluding carboxylic acids is 1. The first-order valence-electron chi connectivity index (χ1n) is 5.34. The van der Waals surface area contributed by atoms with E-state index in [1.807, 2.05) is 27.7 Å². The van der Waals surface area contributed by atoms with Crippen molar-refractivity contribution in [2.75, 3.05) is 13.1 Å². The first kappa shape index (κ1) is 11.8. The second kappa shape index (κ2) is 4.96. The summed E-state index contributed by atoms with van der Waals surface area (Å²) in [7, 11) is 0. The van der Waals surface area contributed by atoms with Gasteiger partial charge < -0.3 is 9.32 Å². The summed E-state index contributed by atoms with van der Waals surface area (Å²) < 4.78 is 5.23. The molecule has 4 heteroatoms. The minimum atomic E-state index is -0.0596. The molecule has 1 amide bonds. The fraction of sp³-hybridized carbons (Fsp3) is 0.636. The van der Waals surface area contributed by atoms with E-state index in [4.69, 9.17) is 4.42 Å². The van der Waals surface area contributed by atoms with Crippen LogP contribution in [-0.4, -0.2) is 28.9 Å². The maximum atomic E-state index is 11.8. The van der Waals surface area contributed by atoms with Gasteiger partial charge in [-0.15, -0.1) is 0 Å². The number of hydrogen-bond donors (Lipinski definition) is 0. The van der Waals surface area contributed by atoms with Crippen molar-refractivity contribution in [3.05, 3.63) is 17.8 Å². The summed E-state index contributed by atoms with van der Waals surface area (Å²) in [4.78, 5) is 17.7. The molecule has 0 atom stereocenters. The van der Waals surface area contributed by atoms with E-state index in [0.717, 1.165) is 0 Å². The second-order valence-electron chi connectivity index (χ2n) is 3.70. The van der Waals surface area contributed by atoms with Crippen LogP contribution in [0.4, 0.5) is 0 Å². The van der Waals surface area contributed by atoms with Gasteiger partial charge in [-0.3, -0.25) is 4.79 Å². The van der Waals surface area contributed by atoms with E-state index in [9.17, 15) is 4.79 Å². The smallest absolute Gasteiger partial charge is 0.275 e. The lowest BCUT2D eigenvalue weighted by Gasteiger charge is -2.16. The van der Waals surface area contributed by atoms with Crippen molar-refractivity contribution < 1.29 is 9.21 Å². The highest BCUT2D eigenvalue weighted by Gasteiger charge is 2.17. The molecule has 0 aromatic carbocycles. The molecule has 0 aliphatic carbocycles. The lowest BCUT2D eigenvalue weighted by atomic mass is 10.2. The zero-order valence-electron chi connectivity index (χ0n) is 9.78. The molecule has 0 saturated heterocycles. The quantitative estimate of drug-likeness (QED) is 0.766. The van der Waals surface area contributed by atoms with Crippen LogP contribution in [-0.2, 0) is 0 Å². The number of rotatable bonds is 4. The Bertz CT molecular complexity index is 327. The van der Waals surface area contributed by atoms with Crippen LogP contribution < -0.4 is 0 Å². The lowest BCUT2D eigenvalue weighted by Crippen LogP contribution is -2.30. The molecule has 0 unspecified atom stereocenters. The Morgan fingerprint density at radius 1 is 1.47 bits per heavy atom. The Labute approximate surface area is 90.3 Å². The van der Waals surface area contributed by atoms with E-state index >= 15 is 0 Å². The summed E-state index contributed by atoms with van der Waals surface area (Å²) in [5, 5.41) is 0. The van der Waals surface area contributed by atoms with Crippen molar-refractivity contribution >= 4 is 5.91 Å². The van der Waals surface area contributed by atoms with Gasteiger partial charge in [0.2, 0.25) is 0 Å². The van der Waals surface area contributed by atoms with Gasteiger partial charge in [0.05, 0.1) is 0 Å². The molecule has 0 fully saturated rings. The summed E-state index contributed by atoms with van der Waals surface area (Å²) in [5.41, 5.74) is 0.405. The summed E-state index contributed by atoms with van der Waals surface area (Å²) in [6.07, 6.45) is 1.44. The Hall–Kier alpha value is -1.32. The van der Waals surface area contributed by atoms with Crippen LogP contribution >= 0.6 is 0 Å². The molecule has 0 aliphatic rings.